The van der Waals surface area contributed by atoms with Crippen molar-refractivity contribution in [1.82, 2.24) is 25.3 Å². The number of aromatic nitrogens is 3. The van der Waals surface area contributed by atoms with Gasteiger partial charge in [0.05, 0.1) is 38.6 Å². The molecule has 14 heteroatoms. The fraction of sp³-hybridized carbons (Fsp3) is 0.375. The SMILES string of the molecule is COc1ccc2[nH]c(C)c(CC(=O)N[C@@H](CCCCCC(=O)N(C)OC)c3ncc(-c4ccccc4)[nH]3)c2c1.O=C(O)C(F)(F)F. The zero-order chi connectivity index (χ0) is 33.9. The number of alkyl halides is 3. The summed E-state index contributed by atoms with van der Waals surface area (Å²) in [6.45, 7) is 1.98. The number of amides is 2. The summed E-state index contributed by atoms with van der Waals surface area (Å²) in [6.07, 6.45) is 0.505. The summed E-state index contributed by atoms with van der Waals surface area (Å²) in [7, 11) is 4.73. The Morgan fingerprint density at radius 1 is 1.04 bits per heavy atom. The van der Waals surface area contributed by atoms with Crippen LogP contribution in [0.5, 0.6) is 5.75 Å². The van der Waals surface area contributed by atoms with Crippen molar-refractivity contribution in [3.63, 3.8) is 0 Å². The number of aryl methyl sites for hydroxylation is 1. The molecule has 0 unspecified atom stereocenters. The summed E-state index contributed by atoms with van der Waals surface area (Å²) in [5, 5.41) is 12.6. The van der Waals surface area contributed by atoms with Crippen LogP contribution in [-0.4, -0.2) is 70.3 Å². The van der Waals surface area contributed by atoms with E-state index in [1.165, 1.54) is 12.2 Å². The van der Waals surface area contributed by atoms with Crippen LogP contribution in [0.1, 0.15) is 55.2 Å². The van der Waals surface area contributed by atoms with Gasteiger partial charge >= 0.3 is 12.1 Å². The number of ether oxygens (including phenoxy) is 1. The molecule has 4 rings (SSSR count). The summed E-state index contributed by atoms with van der Waals surface area (Å²) in [5.41, 5.74) is 4.81. The predicted octanol–water partition coefficient (Wildman–Crippen LogP) is 5.88. The second-order valence-corrected chi connectivity index (χ2v) is 10.5. The van der Waals surface area contributed by atoms with Crippen LogP contribution in [0.25, 0.3) is 22.2 Å². The first-order valence-corrected chi connectivity index (χ1v) is 14.5. The molecule has 0 saturated heterocycles. The molecule has 11 nitrogen and oxygen atoms in total. The number of methoxy groups -OCH3 is 1. The van der Waals surface area contributed by atoms with Crippen molar-refractivity contribution < 1.29 is 42.2 Å². The van der Waals surface area contributed by atoms with Gasteiger partial charge in [-0.25, -0.2) is 14.8 Å². The van der Waals surface area contributed by atoms with Gasteiger partial charge in [-0.3, -0.25) is 14.4 Å². The fourth-order valence-corrected chi connectivity index (χ4v) is 4.74. The van der Waals surface area contributed by atoms with Crippen molar-refractivity contribution in [1.29, 1.82) is 0 Å². The van der Waals surface area contributed by atoms with Crippen LogP contribution in [0, 0.1) is 6.92 Å². The molecule has 0 aliphatic heterocycles. The number of aromatic amines is 2. The molecule has 0 aliphatic rings. The number of carboxylic acids is 1. The monoisotopic (exact) mass is 645 g/mol. The van der Waals surface area contributed by atoms with E-state index in [4.69, 9.17) is 19.5 Å². The highest BCUT2D eigenvalue weighted by atomic mass is 19.4. The van der Waals surface area contributed by atoms with E-state index in [2.05, 4.69) is 20.3 Å². The molecule has 0 saturated carbocycles. The Labute approximate surface area is 264 Å². The molecule has 248 valence electrons. The minimum absolute atomic E-state index is 0.0494. The van der Waals surface area contributed by atoms with Crippen molar-refractivity contribution in [2.75, 3.05) is 21.3 Å². The number of hydrogen-bond acceptors (Lipinski definition) is 6. The number of rotatable bonds is 13. The van der Waals surface area contributed by atoms with Gasteiger partial charge in [0.15, 0.2) is 0 Å². The molecule has 0 bridgehead atoms. The number of nitrogens with one attached hydrogen (secondary N) is 3. The lowest BCUT2D eigenvalue weighted by atomic mass is 10.0. The fourth-order valence-electron chi connectivity index (χ4n) is 4.74. The highest BCUT2D eigenvalue weighted by molar-refractivity contribution is 5.91. The predicted molar refractivity (Wildman–Crippen MR) is 165 cm³/mol. The summed E-state index contributed by atoms with van der Waals surface area (Å²) in [4.78, 5) is 50.6. The number of benzene rings is 2. The number of carboxylic acid groups (broad SMARTS) is 1. The van der Waals surface area contributed by atoms with Crippen molar-refractivity contribution >= 4 is 28.7 Å². The second kappa shape index (κ2) is 16.5. The zero-order valence-electron chi connectivity index (χ0n) is 26.0. The van der Waals surface area contributed by atoms with Crippen LogP contribution in [0.4, 0.5) is 13.2 Å². The summed E-state index contributed by atoms with van der Waals surface area (Å²) >= 11 is 0. The lowest BCUT2D eigenvalue weighted by molar-refractivity contribution is -0.192. The van der Waals surface area contributed by atoms with Crippen LogP contribution >= 0.6 is 0 Å². The third-order valence-electron chi connectivity index (χ3n) is 7.26. The Morgan fingerprint density at radius 3 is 2.37 bits per heavy atom. The smallest absolute Gasteiger partial charge is 0.490 e. The lowest BCUT2D eigenvalue weighted by Gasteiger charge is -2.17. The number of H-pyrrole nitrogens is 2. The Morgan fingerprint density at radius 2 is 1.74 bits per heavy atom. The number of fused-ring (bicyclic) bond motifs is 1. The number of aliphatic carboxylic acids is 1. The van der Waals surface area contributed by atoms with Gasteiger partial charge in [0.1, 0.15) is 11.6 Å². The Bertz CT molecular complexity index is 1600. The maximum Gasteiger partial charge on any atom is 0.490 e. The first kappa shape index (κ1) is 35.6. The van der Waals surface area contributed by atoms with Crippen molar-refractivity contribution in [2.24, 2.45) is 0 Å². The molecule has 0 aliphatic carbocycles. The number of halogens is 3. The van der Waals surface area contributed by atoms with Crippen LogP contribution in [0.15, 0.2) is 54.7 Å². The molecule has 0 radical (unpaired) electrons. The Kier molecular flexibility index (Phi) is 12.7. The number of imidazole rings is 1. The number of hydroxylamine groups is 2. The molecule has 2 amide bonds. The van der Waals surface area contributed by atoms with E-state index in [9.17, 15) is 22.8 Å². The Hall–Kier alpha value is -4.85. The summed E-state index contributed by atoms with van der Waals surface area (Å²) in [6, 6.07) is 15.5. The number of nitrogens with zero attached hydrogens (tertiary/aromatic N) is 2. The van der Waals surface area contributed by atoms with Crippen LogP contribution < -0.4 is 10.1 Å². The van der Waals surface area contributed by atoms with E-state index in [1.54, 1.807) is 20.4 Å². The minimum atomic E-state index is -5.08. The van der Waals surface area contributed by atoms with Gasteiger partial charge in [0.25, 0.3) is 0 Å². The minimum Gasteiger partial charge on any atom is -0.497 e. The number of carbonyl (C=O) groups is 3. The van der Waals surface area contributed by atoms with Crippen LogP contribution in [0.3, 0.4) is 0 Å². The normalized spacial score (nSPS) is 11.8. The molecule has 0 fully saturated rings. The quantitative estimate of drug-likeness (QED) is 0.105. The van der Waals surface area contributed by atoms with Crippen LogP contribution in [0.2, 0.25) is 0 Å². The van der Waals surface area contributed by atoms with E-state index >= 15 is 0 Å². The number of carbonyl (C=O) groups excluding carboxylic acids is 2. The molecule has 4 aromatic rings. The van der Waals surface area contributed by atoms with E-state index in [0.717, 1.165) is 64.3 Å². The molecule has 0 spiro atoms. The first-order valence-electron chi connectivity index (χ1n) is 14.5. The van der Waals surface area contributed by atoms with Gasteiger partial charge in [-0.2, -0.15) is 13.2 Å². The van der Waals surface area contributed by atoms with Gasteiger partial charge < -0.3 is 25.1 Å². The maximum absolute atomic E-state index is 13.3. The van der Waals surface area contributed by atoms with E-state index < -0.39 is 12.1 Å². The van der Waals surface area contributed by atoms with E-state index in [1.807, 2.05) is 55.5 Å². The molecule has 2 aromatic carbocycles. The molecule has 1 atom stereocenters. The second-order valence-electron chi connectivity index (χ2n) is 10.5. The van der Waals surface area contributed by atoms with Gasteiger partial charge in [0, 0.05) is 30.1 Å². The van der Waals surface area contributed by atoms with Crippen molar-refractivity contribution in [3.05, 3.63) is 71.8 Å². The average molecular weight is 646 g/mol. The number of hydrogen-bond donors (Lipinski definition) is 4. The summed E-state index contributed by atoms with van der Waals surface area (Å²) in [5.74, 6) is -1.42. The van der Waals surface area contributed by atoms with Gasteiger partial charge in [-0.15, -0.1) is 0 Å². The van der Waals surface area contributed by atoms with Crippen LogP contribution in [-0.2, 0) is 25.6 Å². The molecular formula is C32H38F3N5O6. The van der Waals surface area contributed by atoms with Gasteiger partial charge in [-0.05, 0) is 49.1 Å². The molecule has 2 heterocycles. The third kappa shape index (κ3) is 10.1. The zero-order valence-corrected chi connectivity index (χ0v) is 26.0. The first-order chi connectivity index (χ1) is 21.8. The number of unbranched alkanes of at least 4 members (excludes halogenated alkanes) is 2. The van der Waals surface area contributed by atoms with Gasteiger partial charge in [-0.1, -0.05) is 43.2 Å². The standard InChI is InChI=1S/C30H37N5O4.C2HF3O2/c1-20-23(24-17-22(38-3)15-16-25(24)32-20)18-28(36)33-26(13-9-6-10-14-29(37)35(2)39-4)30-31-19-27(34-30)21-11-7-5-8-12-21;3-2(4,5)1(6)7/h5,7-8,11-12,15-17,19,26,32H,6,9-10,13-14,18H2,1-4H3,(H,31,34)(H,33,36);(H,6,7)/t26-;/m0./s1. The highest BCUT2D eigenvalue weighted by Gasteiger charge is 2.38. The average Bonchev–Trinajstić information content (AvgIpc) is 3.64. The Balaban J connectivity index is 0.000000738. The highest BCUT2D eigenvalue weighted by Crippen LogP contribution is 2.28. The molecule has 4 N–H and O–H groups in total. The molecular weight excluding hydrogens is 607 g/mol. The summed E-state index contributed by atoms with van der Waals surface area (Å²) < 4.78 is 37.1. The maximum atomic E-state index is 13.3. The van der Waals surface area contributed by atoms with Crippen molar-refractivity contribution in [2.45, 2.75) is 57.7 Å². The molecule has 2 aromatic heterocycles. The topological polar surface area (TPSA) is 150 Å². The van der Waals surface area contributed by atoms with Gasteiger partial charge in [0.2, 0.25) is 11.8 Å². The van der Waals surface area contributed by atoms with E-state index in [-0.39, 0.29) is 24.3 Å². The van der Waals surface area contributed by atoms with Crippen molar-refractivity contribution in [3.8, 4) is 17.0 Å². The molecule has 46 heavy (non-hydrogen) atoms. The largest absolute Gasteiger partial charge is 0.497 e. The van der Waals surface area contributed by atoms with E-state index in [0.29, 0.717) is 12.8 Å². The third-order valence-corrected chi connectivity index (χ3v) is 7.26. The lowest BCUT2D eigenvalue weighted by Crippen LogP contribution is -2.30.